The van der Waals surface area contributed by atoms with Crippen molar-refractivity contribution < 1.29 is 18.7 Å². The van der Waals surface area contributed by atoms with Crippen molar-refractivity contribution >= 4 is 23.2 Å². The number of aromatic nitrogens is 1. The molecule has 4 aromatic rings. The maximum absolute atomic E-state index is 14.0. The van der Waals surface area contributed by atoms with Crippen LogP contribution >= 0.6 is 11.3 Å². The molecule has 0 aliphatic carbocycles. The minimum atomic E-state index is -0.389. The number of nitrogens with one attached hydrogen (secondary N) is 1. The lowest BCUT2D eigenvalue weighted by atomic mass is 9.88. The molecule has 1 N–H and O–H groups in total. The van der Waals surface area contributed by atoms with E-state index in [1.165, 1.54) is 30.4 Å². The van der Waals surface area contributed by atoms with Crippen molar-refractivity contribution in [3.8, 4) is 5.75 Å². The number of hydrogen-bond donors (Lipinski definition) is 1. The highest BCUT2D eigenvalue weighted by Crippen LogP contribution is 2.37. The Bertz CT molecular complexity index is 1420. The number of carbonyl (C=O) groups is 2. The molecule has 1 aliphatic rings. The number of halogens is 1. The fourth-order valence-corrected chi connectivity index (χ4v) is 5.24. The third kappa shape index (κ3) is 5.70. The molecule has 5 rings (SSSR count). The largest absolute Gasteiger partial charge is 0.486 e. The second kappa shape index (κ2) is 10.9. The monoisotopic (exact) mass is 515 g/mol. The van der Waals surface area contributed by atoms with Gasteiger partial charge < -0.3 is 15.0 Å². The standard InChI is InChI=1S/C29H26FN3O3S/c1-19(34)33-13-12-21-10-11-24(15-25(21)28(33)22-8-5-9-23(30)14-22)36-17-27-32-26(18-37-27)29(35)31-16-20-6-3-2-4-7-20/h2-11,14-15,18,28H,12-13,16-17H2,1H3,(H,31,35)/t28-/m1/s1. The van der Waals surface area contributed by atoms with E-state index in [0.717, 1.165) is 28.7 Å². The number of ether oxygens (including phenoxy) is 1. The number of hydrogen-bond acceptors (Lipinski definition) is 5. The first kappa shape index (κ1) is 24.6. The second-order valence-corrected chi connectivity index (χ2v) is 9.81. The molecule has 0 saturated heterocycles. The van der Waals surface area contributed by atoms with Crippen LogP contribution in [0.2, 0.25) is 0 Å². The Labute approximate surface area is 218 Å². The van der Waals surface area contributed by atoms with E-state index in [1.807, 2.05) is 54.6 Å². The van der Waals surface area contributed by atoms with Gasteiger partial charge in [0.25, 0.3) is 5.91 Å². The number of thiazole rings is 1. The van der Waals surface area contributed by atoms with E-state index in [4.69, 9.17) is 4.74 Å². The van der Waals surface area contributed by atoms with Crippen LogP contribution in [0.5, 0.6) is 5.75 Å². The Morgan fingerprint density at radius 1 is 1.11 bits per heavy atom. The van der Waals surface area contributed by atoms with Crippen LogP contribution < -0.4 is 10.1 Å². The Morgan fingerprint density at radius 3 is 2.73 bits per heavy atom. The van der Waals surface area contributed by atoms with Crippen molar-refractivity contribution in [2.24, 2.45) is 0 Å². The molecule has 6 nitrogen and oxygen atoms in total. The predicted octanol–water partition coefficient (Wildman–Crippen LogP) is 5.29. The predicted molar refractivity (Wildman–Crippen MR) is 140 cm³/mol. The fourth-order valence-electron chi connectivity index (χ4n) is 4.55. The summed E-state index contributed by atoms with van der Waals surface area (Å²) in [6.45, 7) is 2.74. The molecule has 2 amide bonds. The lowest BCUT2D eigenvalue weighted by Crippen LogP contribution is -2.39. The molecule has 188 valence electrons. The van der Waals surface area contributed by atoms with Gasteiger partial charge in [-0.25, -0.2) is 9.37 Å². The average Bonchev–Trinajstić information content (AvgIpc) is 3.39. The quantitative estimate of drug-likeness (QED) is 0.363. The molecule has 0 bridgehead atoms. The van der Waals surface area contributed by atoms with Crippen LogP contribution in [0, 0.1) is 5.82 Å². The van der Waals surface area contributed by atoms with Gasteiger partial charge in [0.15, 0.2) is 0 Å². The van der Waals surface area contributed by atoms with Crippen LogP contribution in [-0.4, -0.2) is 28.2 Å². The fraction of sp³-hybridized carbons (Fsp3) is 0.207. The van der Waals surface area contributed by atoms with Crippen molar-refractivity contribution in [3.63, 3.8) is 0 Å². The van der Waals surface area contributed by atoms with Gasteiger partial charge in [0, 0.05) is 25.4 Å². The summed E-state index contributed by atoms with van der Waals surface area (Å²) in [5, 5.41) is 5.27. The Kier molecular flexibility index (Phi) is 7.28. The summed E-state index contributed by atoms with van der Waals surface area (Å²) in [6.07, 6.45) is 0.717. The van der Waals surface area contributed by atoms with E-state index in [-0.39, 0.29) is 30.3 Å². The SMILES string of the molecule is CC(=O)N1CCc2ccc(OCc3nc(C(=O)NCc4ccccc4)cs3)cc2[C@H]1c1cccc(F)c1. The van der Waals surface area contributed by atoms with Crippen molar-refractivity contribution in [1.82, 2.24) is 15.2 Å². The maximum Gasteiger partial charge on any atom is 0.271 e. The van der Waals surface area contributed by atoms with Crippen molar-refractivity contribution in [3.05, 3.63) is 117 Å². The Balaban J connectivity index is 1.29. The van der Waals surface area contributed by atoms with Crippen molar-refractivity contribution in [2.45, 2.75) is 32.5 Å². The van der Waals surface area contributed by atoms with E-state index in [2.05, 4.69) is 10.3 Å². The number of amides is 2. The summed E-state index contributed by atoms with van der Waals surface area (Å²) in [5.74, 6) is -0.0155. The molecular weight excluding hydrogens is 489 g/mol. The van der Waals surface area contributed by atoms with Gasteiger partial charge in [-0.2, -0.15) is 0 Å². The highest BCUT2D eigenvalue weighted by atomic mass is 32.1. The second-order valence-electron chi connectivity index (χ2n) is 8.86. The van der Waals surface area contributed by atoms with E-state index >= 15 is 0 Å². The summed E-state index contributed by atoms with van der Waals surface area (Å²) in [6, 6.07) is 21.5. The van der Waals surface area contributed by atoms with Crippen molar-refractivity contribution in [1.29, 1.82) is 0 Å². The summed E-state index contributed by atoms with van der Waals surface area (Å²) in [7, 11) is 0. The van der Waals surface area contributed by atoms with Crippen LogP contribution in [0.15, 0.2) is 78.2 Å². The first-order chi connectivity index (χ1) is 18.0. The molecule has 0 radical (unpaired) electrons. The molecule has 3 aromatic carbocycles. The zero-order chi connectivity index (χ0) is 25.8. The molecule has 0 unspecified atom stereocenters. The van der Waals surface area contributed by atoms with Crippen LogP contribution in [0.3, 0.4) is 0 Å². The van der Waals surface area contributed by atoms with Crippen molar-refractivity contribution in [2.75, 3.05) is 6.54 Å². The Morgan fingerprint density at radius 2 is 1.95 bits per heavy atom. The van der Waals surface area contributed by atoms with E-state index < -0.39 is 0 Å². The van der Waals surface area contributed by atoms with Gasteiger partial charge in [0.05, 0.1) is 6.04 Å². The normalized spacial score (nSPS) is 14.6. The average molecular weight is 516 g/mol. The van der Waals surface area contributed by atoms with E-state index in [0.29, 0.717) is 29.5 Å². The smallest absolute Gasteiger partial charge is 0.271 e. The zero-order valence-electron chi connectivity index (χ0n) is 20.3. The molecule has 2 heterocycles. The van der Waals surface area contributed by atoms with Gasteiger partial charge >= 0.3 is 0 Å². The van der Waals surface area contributed by atoms with Gasteiger partial charge in [-0.05, 0) is 52.9 Å². The van der Waals surface area contributed by atoms with Gasteiger partial charge in [0.2, 0.25) is 5.91 Å². The zero-order valence-corrected chi connectivity index (χ0v) is 21.1. The highest BCUT2D eigenvalue weighted by molar-refractivity contribution is 7.09. The third-order valence-electron chi connectivity index (χ3n) is 6.36. The summed E-state index contributed by atoms with van der Waals surface area (Å²) in [4.78, 5) is 31.1. The molecule has 0 fully saturated rings. The van der Waals surface area contributed by atoms with Gasteiger partial charge in [-0.15, -0.1) is 11.3 Å². The summed E-state index contributed by atoms with van der Waals surface area (Å²) < 4.78 is 20.1. The first-order valence-electron chi connectivity index (χ1n) is 12.0. The maximum atomic E-state index is 14.0. The molecule has 0 saturated carbocycles. The van der Waals surface area contributed by atoms with Gasteiger partial charge in [0.1, 0.15) is 28.9 Å². The van der Waals surface area contributed by atoms with E-state index in [1.54, 1.807) is 16.3 Å². The minimum absolute atomic E-state index is 0.0629. The molecule has 1 aliphatic heterocycles. The number of fused-ring (bicyclic) bond motifs is 1. The highest BCUT2D eigenvalue weighted by Gasteiger charge is 2.31. The van der Waals surface area contributed by atoms with Crippen LogP contribution in [-0.2, 0) is 24.4 Å². The third-order valence-corrected chi connectivity index (χ3v) is 7.18. The molecule has 37 heavy (non-hydrogen) atoms. The first-order valence-corrected chi connectivity index (χ1v) is 12.9. The molecule has 8 heteroatoms. The number of nitrogens with zero attached hydrogens (tertiary/aromatic N) is 2. The number of rotatable bonds is 7. The van der Waals surface area contributed by atoms with Gasteiger partial charge in [-0.3, -0.25) is 9.59 Å². The topological polar surface area (TPSA) is 71.5 Å². The Hall–Kier alpha value is -4.04. The van der Waals surface area contributed by atoms with Crippen LogP contribution in [0.4, 0.5) is 4.39 Å². The summed E-state index contributed by atoms with van der Waals surface area (Å²) >= 11 is 1.36. The number of carbonyl (C=O) groups excluding carboxylic acids is 2. The number of benzene rings is 3. The minimum Gasteiger partial charge on any atom is -0.486 e. The lowest BCUT2D eigenvalue weighted by molar-refractivity contribution is -0.130. The molecule has 1 aromatic heterocycles. The summed E-state index contributed by atoms with van der Waals surface area (Å²) in [5.41, 5.74) is 4.12. The lowest BCUT2D eigenvalue weighted by Gasteiger charge is -2.37. The molecule has 1 atom stereocenters. The van der Waals surface area contributed by atoms with Crippen LogP contribution in [0.1, 0.15) is 50.7 Å². The van der Waals surface area contributed by atoms with Gasteiger partial charge in [-0.1, -0.05) is 48.5 Å². The molecule has 0 spiro atoms. The molecular formula is C29H26FN3O3S. The van der Waals surface area contributed by atoms with E-state index in [9.17, 15) is 14.0 Å². The van der Waals surface area contributed by atoms with Crippen LogP contribution in [0.25, 0.3) is 0 Å².